The number of hydrogen-bond acceptors (Lipinski definition) is 9. The van der Waals surface area contributed by atoms with Crippen molar-refractivity contribution >= 4 is 21.6 Å². The van der Waals surface area contributed by atoms with E-state index in [2.05, 4.69) is 26.9 Å². The first kappa shape index (κ1) is 24.7. The maximum absolute atomic E-state index is 10.6. The molecule has 36 heavy (non-hydrogen) atoms. The smallest absolute Gasteiger partial charge is 0.151 e. The molecule has 1 N–H and O–H groups in total. The van der Waals surface area contributed by atoms with Crippen molar-refractivity contribution in [3.05, 3.63) is 59.3 Å². The highest BCUT2D eigenvalue weighted by Crippen LogP contribution is 2.26. The van der Waals surface area contributed by atoms with Gasteiger partial charge in [-0.1, -0.05) is 5.16 Å². The second-order valence-electron chi connectivity index (χ2n) is 9.31. The molecule has 8 nitrogen and oxygen atoms in total. The van der Waals surface area contributed by atoms with Crippen LogP contribution in [0.15, 0.2) is 53.1 Å². The molecule has 1 aliphatic rings. The molecule has 1 aliphatic heterocycles. The van der Waals surface area contributed by atoms with Crippen LogP contribution >= 0.6 is 11.3 Å². The topological polar surface area (TPSA) is 84.1 Å². The van der Waals surface area contributed by atoms with E-state index in [0.29, 0.717) is 19.1 Å². The number of piperazine rings is 1. The van der Waals surface area contributed by atoms with E-state index in [1.54, 1.807) is 18.4 Å². The van der Waals surface area contributed by atoms with Gasteiger partial charge in [-0.2, -0.15) is 0 Å². The Morgan fingerprint density at radius 2 is 1.94 bits per heavy atom. The standard InChI is InChI=1S/C27H32N4O4S/c1-18-14-30(16-24-13-25(29-35-24)20-4-6-22(33-3)7-5-20)10-11-31(18)15-21(32)17-34-23-8-9-27-26(12-23)28-19(2)36-27/h4-9,12-13,18,21,32H,10-11,14-17H2,1-3H3/t18-,21+/m0/s1. The van der Waals surface area contributed by atoms with Crippen molar-refractivity contribution in [2.24, 2.45) is 0 Å². The number of hydrogen-bond donors (Lipinski definition) is 1. The third kappa shape index (κ3) is 5.87. The number of fused-ring (bicyclic) bond motifs is 1. The van der Waals surface area contributed by atoms with E-state index in [4.69, 9.17) is 14.0 Å². The number of benzene rings is 2. The quantitative estimate of drug-likeness (QED) is 0.360. The highest BCUT2D eigenvalue weighted by atomic mass is 32.1. The number of aliphatic hydroxyl groups is 1. The van der Waals surface area contributed by atoms with Crippen LogP contribution in [0.5, 0.6) is 11.5 Å². The van der Waals surface area contributed by atoms with E-state index < -0.39 is 6.10 Å². The molecule has 2 aromatic carbocycles. The number of ether oxygens (including phenoxy) is 2. The lowest BCUT2D eigenvalue weighted by Gasteiger charge is -2.40. The number of thiazole rings is 1. The molecule has 0 unspecified atom stereocenters. The lowest BCUT2D eigenvalue weighted by atomic mass is 10.1. The minimum Gasteiger partial charge on any atom is -0.497 e. The van der Waals surface area contributed by atoms with Crippen molar-refractivity contribution in [3.63, 3.8) is 0 Å². The average Bonchev–Trinajstić information content (AvgIpc) is 3.49. The monoisotopic (exact) mass is 508 g/mol. The highest BCUT2D eigenvalue weighted by Gasteiger charge is 2.26. The zero-order valence-electron chi connectivity index (χ0n) is 20.9. The molecule has 2 atom stereocenters. The van der Waals surface area contributed by atoms with E-state index in [0.717, 1.165) is 63.4 Å². The minimum atomic E-state index is -0.562. The molecule has 9 heteroatoms. The Hall–Kier alpha value is -2.98. The van der Waals surface area contributed by atoms with Gasteiger partial charge in [-0.25, -0.2) is 4.98 Å². The molecule has 1 fully saturated rings. The summed E-state index contributed by atoms with van der Waals surface area (Å²) in [5, 5.41) is 15.9. The van der Waals surface area contributed by atoms with Gasteiger partial charge in [0.25, 0.3) is 0 Å². The Kier molecular flexibility index (Phi) is 7.52. The SMILES string of the molecule is COc1ccc(-c2cc(CN3CCN(C[C@@H](O)COc4ccc5sc(C)nc5c4)[C@@H](C)C3)on2)cc1. The predicted octanol–water partition coefficient (Wildman–Crippen LogP) is 4.21. The number of aliphatic hydroxyl groups excluding tert-OH is 1. The zero-order chi connectivity index (χ0) is 25.1. The fourth-order valence-corrected chi connectivity index (χ4v) is 5.43. The van der Waals surface area contributed by atoms with Crippen molar-refractivity contribution in [1.82, 2.24) is 19.9 Å². The molecule has 0 bridgehead atoms. The van der Waals surface area contributed by atoms with Crippen LogP contribution in [-0.4, -0.2) is 77.1 Å². The first-order chi connectivity index (χ1) is 17.5. The number of aryl methyl sites for hydroxylation is 1. The fraction of sp³-hybridized carbons (Fsp3) is 0.407. The Morgan fingerprint density at radius 3 is 2.72 bits per heavy atom. The van der Waals surface area contributed by atoms with E-state index in [9.17, 15) is 5.11 Å². The molecule has 0 radical (unpaired) electrons. The van der Waals surface area contributed by atoms with Crippen molar-refractivity contribution in [1.29, 1.82) is 0 Å². The van der Waals surface area contributed by atoms with Crippen LogP contribution in [0.3, 0.4) is 0 Å². The molecule has 4 aromatic rings. The average molecular weight is 509 g/mol. The van der Waals surface area contributed by atoms with Gasteiger partial charge in [-0.05, 0) is 50.2 Å². The van der Waals surface area contributed by atoms with E-state index in [-0.39, 0.29) is 6.61 Å². The number of aromatic nitrogens is 2. The molecule has 0 saturated carbocycles. The maximum Gasteiger partial charge on any atom is 0.151 e. The highest BCUT2D eigenvalue weighted by molar-refractivity contribution is 7.18. The lowest BCUT2D eigenvalue weighted by Crippen LogP contribution is -2.53. The minimum absolute atomic E-state index is 0.258. The number of methoxy groups -OCH3 is 1. The Labute approximate surface area is 215 Å². The molecular weight excluding hydrogens is 476 g/mol. The lowest BCUT2D eigenvalue weighted by molar-refractivity contribution is 0.0178. The van der Waals surface area contributed by atoms with Crippen LogP contribution in [-0.2, 0) is 6.54 Å². The summed E-state index contributed by atoms with van der Waals surface area (Å²) >= 11 is 1.67. The maximum atomic E-state index is 10.6. The van der Waals surface area contributed by atoms with E-state index in [1.807, 2.05) is 55.5 Å². The Balaban J connectivity index is 1.09. The summed E-state index contributed by atoms with van der Waals surface area (Å²) in [7, 11) is 1.66. The molecule has 0 spiro atoms. The van der Waals surface area contributed by atoms with Crippen molar-refractivity contribution in [2.75, 3.05) is 39.9 Å². The van der Waals surface area contributed by atoms with Crippen molar-refractivity contribution < 1.29 is 19.1 Å². The summed E-state index contributed by atoms with van der Waals surface area (Å²) in [5.41, 5.74) is 2.77. The first-order valence-electron chi connectivity index (χ1n) is 12.2. The van der Waals surface area contributed by atoms with Crippen LogP contribution in [0, 0.1) is 6.92 Å². The van der Waals surface area contributed by atoms with Gasteiger partial charge in [-0.3, -0.25) is 9.80 Å². The molecule has 0 amide bonds. The summed E-state index contributed by atoms with van der Waals surface area (Å²) in [4.78, 5) is 9.20. The van der Waals surface area contributed by atoms with Gasteiger partial charge in [0, 0.05) is 49.9 Å². The fourth-order valence-electron chi connectivity index (χ4n) is 4.62. The summed E-state index contributed by atoms with van der Waals surface area (Å²) in [6.45, 7) is 8.42. The van der Waals surface area contributed by atoms with Crippen LogP contribution in [0.1, 0.15) is 17.7 Å². The normalized spacial score (nSPS) is 17.9. The van der Waals surface area contributed by atoms with Gasteiger partial charge in [0.05, 0.1) is 28.9 Å². The molecule has 1 saturated heterocycles. The van der Waals surface area contributed by atoms with Crippen molar-refractivity contribution in [2.45, 2.75) is 32.5 Å². The largest absolute Gasteiger partial charge is 0.497 e. The first-order valence-corrected chi connectivity index (χ1v) is 13.0. The summed E-state index contributed by atoms with van der Waals surface area (Å²) in [6, 6.07) is 16.0. The second-order valence-corrected chi connectivity index (χ2v) is 10.5. The van der Waals surface area contributed by atoms with Crippen molar-refractivity contribution in [3.8, 4) is 22.8 Å². The molecule has 190 valence electrons. The van der Waals surface area contributed by atoms with Crippen LogP contribution in [0.4, 0.5) is 0 Å². The molecule has 5 rings (SSSR count). The summed E-state index contributed by atoms with van der Waals surface area (Å²) in [5.74, 6) is 2.41. The summed E-state index contributed by atoms with van der Waals surface area (Å²) in [6.07, 6.45) is -0.562. The Morgan fingerprint density at radius 1 is 1.14 bits per heavy atom. The van der Waals surface area contributed by atoms with Gasteiger partial charge in [0.15, 0.2) is 5.76 Å². The van der Waals surface area contributed by atoms with Gasteiger partial charge in [-0.15, -0.1) is 11.3 Å². The number of β-amino-alcohol motifs (C(OH)–C–C–N with tert-alkyl or cyclic N) is 1. The van der Waals surface area contributed by atoms with Gasteiger partial charge < -0.3 is 19.1 Å². The third-order valence-corrected chi connectivity index (χ3v) is 7.48. The van der Waals surface area contributed by atoms with Crippen LogP contribution in [0.25, 0.3) is 21.5 Å². The molecule has 0 aliphatic carbocycles. The zero-order valence-corrected chi connectivity index (χ0v) is 21.7. The number of nitrogens with zero attached hydrogens (tertiary/aromatic N) is 4. The molecular formula is C27H32N4O4S. The van der Waals surface area contributed by atoms with Gasteiger partial charge in [0.1, 0.15) is 29.9 Å². The van der Waals surface area contributed by atoms with Crippen LogP contribution in [0.2, 0.25) is 0 Å². The summed E-state index contributed by atoms with van der Waals surface area (Å²) < 4.78 is 17.8. The molecule has 3 heterocycles. The molecule has 2 aromatic heterocycles. The number of rotatable bonds is 9. The van der Waals surface area contributed by atoms with E-state index >= 15 is 0 Å². The third-order valence-electron chi connectivity index (χ3n) is 6.53. The second kappa shape index (κ2) is 11.0. The van der Waals surface area contributed by atoms with Crippen LogP contribution < -0.4 is 9.47 Å². The van der Waals surface area contributed by atoms with Gasteiger partial charge >= 0.3 is 0 Å². The Bertz CT molecular complexity index is 1290. The van der Waals surface area contributed by atoms with E-state index in [1.165, 1.54) is 0 Å². The predicted molar refractivity (Wildman–Crippen MR) is 141 cm³/mol. The van der Waals surface area contributed by atoms with Gasteiger partial charge in [0.2, 0.25) is 0 Å².